The predicted octanol–water partition coefficient (Wildman–Crippen LogP) is 2.98. The standard InChI is InChI=1S/C20H18N2O5/c1-20(2)15-5-3-4-6-16(15)21(12-19(24)25)18(20)10-7-13-11-14(22(26)27)8-9-17(13)23/h3-11H,12H2,1-2H3,(H,24,25)/b13-7-,18-10+. The molecule has 0 amide bonds. The van der Waals surface area contributed by atoms with Gasteiger partial charge in [-0.3, -0.25) is 19.7 Å². The van der Waals surface area contributed by atoms with Gasteiger partial charge >= 0.3 is 5.97 Å². The molecule has 1 aromatic rings. The molecule has 0 atom stereocenters. The summed E-state index contributed by atoms with van der Waals surface area (Å²) in [7, 11) is 0. The Morgan fingerprint density at radius 3 is 2.63 bits per heavy atom. The maximum Gasteiger partial charge on any atom is 0.323 e. The van der Waals surface area contributed by atoms with Crippen LogP contribution in [0.3, 0.4) is 0 Å². The van der Waals surface area contributed by atoms with Crippen molar-refractivity contribution in [2.45, 2.75) is 19.3 Å². The zero-order valence-corrected chi connectivity index (χ0v) is 14.9. The van der Waals surface area contributed by atoms with Crippen LogP contribution in [0.5, 0.6) is 0 Å². The first-order valence-electron chi connectivity index (χ1n) is 8.31. The van der Waals surface area contributed by atoms with Gasteiger partial charge in [0.25, 0.3) is 5.70 Å². The Hall–Kier alpha value is -3.48. The van der Waals surface area contributed by atoms with Crippen LogP contribution in [0.2, 0.25) is 0 Å². The number of aliphatic carboxylic acids is 1. The van der Waals surface area contributed by atoms with Crippen LogP contribution in [0, 0.1) is 10.1 Å². The predicted molar refractivity (Wildman–Crippen MR) is 99.8 cm³/mol. The summed E-state index contributed by atoms with van der Waals surface area (Å²) in [6.07, 6.45) is 6.72. The number of fused-ring (bicyclic) bond motifs is 1. The van der Waals surface area contributed by atoms with E-state index in [1.165, 1.54) is 18.2 Å². The monoisotopic (exact) mass is 366 g/mol. The Bertz CT molecular complexity index is 966. The van der Waals surface area contributed by atoms with Crippen molar-refractivity contribution in [3.8, 4) is 0 Å². The highest BCUT2D eigenvalue weighted by Gasteiger charge is 2.40. The van der Waals surface area contributed by atoms with Crippen LogP contribution in [-0.2, 0) is 15.0 Å². The number of benzene rings is 1. The average molecular weight is 366 g/mol. The lowest BCUT2D eigenvalue weighted by Gasteiger charge is -2.25. The number of carboxylic acid groups (broad SMARTS) is 1. The molecule has 1 aliphatic heterocycles. The van der Waals surface area contributed by atoms with E-state index in [0.717, 1.165) is 17.3 Å². The molecular weight excluding hydrogens is 348 g/mol. The molecule has 0 radical (unpaired) electrons. The molecule has 0 fully saturated rings. The second-order valence-electron chi connectivity index (χ2n) is 6.82. The van der Waals surface area contributed by atoms with E-state index in [1.807, 2.05) is 38.1 Å². The lowest BCUT2D eigenvalue weighted by molar-refractivity contribution is -0.419. The highest BCUT2D eigenvalue weighted by atomic mass is 16.6. The first-order chi connectivity index (χ1) is 12.7. The average Bonchev–Trinajstić information content (AvgIpc) is 2.81. The molecule has 2 aliphatic rings. The van der Waals surface area contributed by atoms with E-state index in [2.05, 4.69) is 0 Å². The highest BCUT2D eigenvalue weighted by molar-refractivity contribution is 6.07. The van der Waals surface area contributed by atoms with Crippen LogP contribution in [0.25, 0.3) is 0 Å². The Labute approximate surface area is 155 Å². The molecule has 0 aromatic heterocycles. The van der Waals surface area contributed by atoms with Crippen molar-refractivity contribution in [3.63, 3.8) is 0 Å². The van der Waals surface area contributed by atoms with Gasteiger partial charge in [0.2, 0.25) is 0 Å². The topological polar surface area (TPSA) is 101 Å². The largest absolute Gasteiger partial charge is 0.480 e. The lowest BCUT2D eigenvalue weighted by atomic mass is 9.83. The minimum Gasteiger partial charge on any atom is -0.480 e. The van der Waals surface area contributed by atoms with E-state index in [4.69, 9.17) is 0 Å². The van der Waals surface area contributed by atoms with Gasteiger partial charge < -0.3 is 10.0 Å². The van der Waals surface area contributed by atoms with Gasteiger partial charge in [-0.15, -0.1) is 0 Å². The van der Waals surface area contributed by atoms with Gasteiger partial charge in [0.05, 0.1) is 4.92 Å². The second kappa shape index (κ2) is 6.68. The molecule has 1 aromatic carbocycles. The van der Waals surface area contributed by atoms with Gasteiger partial charge in [0, 0.05) is 34.5 Å². The first kappa shape index (κ1) is 18.3. The Morgan fingerprint density at radius 1 is 1.26 bits per heavy atom. The first-order valence-corrected chi connectivity index (χ1v) is 8.31. The highest BCUT2D eigenvalue weighted by Crippen LogP contribution is 2.47. The summed E-state index contributed by atoms with van der Waals surface area (Å²) in [5, 5.41) is 20.3. The molecule has 0 saturated heterocycles. The van der Waals surface area contributed by atoms with Crippen molar-refractivity contribution in [3.05, 3.63) is 87.3 Å². The third-order valence-corrected chi connectivity index (χ3v) is 4.72. The number of carboxylic acids is 1. The van der Waals surface area contributed by atoms with E-state index >= 15 is 0 Å². The van der Waals surface area contributed by atoms with Gasteiger partial charge in [-0.05, 0) is 29.9 Å². The van der Waals surface area contributed by atoms with Crippen LogP contribution >= 0.6 is 0 Å². The molecule has 0 saturated carbocycles. The van der Waals surface area contributed by atoms with E-state index in [9.17, 15) is 24.8 Å². The fourth-order valence-electron chi connectivity index (χ4n) is 3.39. The number of rotatable bonds is 4. The lowest BCUT2D eigenvalue weighted by Crippen LogP contribution is -2.30. The van der Waals surface area contributed by atoms with Gasteiger partial charge in [-0.1, -0.05) is 32.0 Å². The molecular formula is C20H18N2O5. The molecule has 138 valence electrons. The minimum atomic E-state index is -0.978. The number of ketones is 1. The molecule has 7 heteroatoms. The normalized spacial score (nSPS) is 20.7. The van der Waals surface area contributed by atoms with Crippen LogP contribution in [0.15, 0.2) is 71.6 Å². The smallest absolute Gasteiger partial charge is 0.323 e. The van der Waals surface area contributed by atoms with Gasteiger partial charge in [0.1, 0.15) is 6.54 Å². The third kappa shape index (κ3) is 3.31. The van der Waals surface area contributed by atoms with Crippen LogP contribution < -0.4 is 4.90 Å². The van der Waals surface area contributed by atoms with Gasteiger partial charge in [-0.25, -0.2) is 0 Å². The quantitative estimate of drug-likeness (QED) is 0.499. The number of hydrogen-bond acceptors (Lipinski definition) is 5. The maximum absolute atomic E-state index is 12.0. The van der Waals surface area contributed by atoms with E-state index in [-0.39, 0.29) is 23.6 Å². The maximum atomic E-state index is 12.0. The van der Waals surface area contributed by atoms with Crippen LogP contribution in [0.1, 0.15) is 19.4 Å². The summed E-state index contributed by atoms with van der Waals surface area (Å²) in [4.78, 5) is 35.5. The number of nitrogens with zero attached hydrogens (tertiary/aromatic N) is 2. The fourth-order valence-corrected chi connectivity index (χ4v) is 3.39. The van der Waals surface area contributed by atoms with Gasteiger partial charge in [0.15, 0.2) is 5.78 Å². The number of allylic oxidation sites excluding steroid dienone is 7. The number of carbonyl (C=O) groups excluding carboxylic acids is 1. The number of hydrogen-bond donors (Lipinski definition) is 1. The summed E-state index contributed by atoms with van der Waals surface area (Å²) < 4.78 is 0. The van der Waals surface area contributed by atoms with Crippen molar-refractivity contribution >= 4 is 17.4 Å². The van der Waals surface area contributed by atoms with Crippen molar-refractivity contribution in [1.82, 2.24) is 0 Å². The summed E-state index contributed by atoms with van der Waals surface area (Å²) in [6, 6.07) is 7.53. The van der Waals surface area contributed by atoms with Crippen molar-refractivity contribution < 1.29 is 19.6 Å². The molecule has 27 heavy (non-hydrogen) atoms. The van der Waals surface area contributed by atoms with Crippen molar-refractivity contribution in [2.24, 2.45) is 0 Å². The molecule has 0 spiro atoms. The molecule has 1 N–H and O–H groups in total. The Kier molecular flexibility index (Phi) is 4.53. The van der Waals surface area contributed by atoms with Gasteiger partial charge in [-0.2, -0.15) is 0 Å². The minimum absolute atomic E-state index is 0.171. The number of carbonyl (C=O) groups is 2. The molecule has 3 rings (SSSR count). The molecule has 0 unspecified atom stereocenters. The molecule has 7 nitrogen and oxygen atoms in total. The van der Waals surface area contributed by atoms with Crippen LogP contribution in [0.4, 0.5) is 5.69 Å². The van der Waals surface area contributed by atoms with Crippen molar-refractivity contribution in [2.75, 3.05) is 11.4 Å². The number of nitro groups is 1. The summed E-state index contributed by atoms with van der Waals surface area (Å²) in [5.41, 5.74) is 2.01. The Morgan fingerprint density at radius 2 is 1.96 bits per heavy atom. The summed E-state index contributed by atoms with van der Waals surface area (Å²) in [6.45, 7) is 3.72. The number of anilines is 1. The van der Waals surface area contributed by atoms with Crippen LogP contribution in [-0.4, -0.2) is 28.3 Å². The van der Waals surface area contributed by atoms with Crippen molar-refractivity contribution in [1.29, 1.82) is 0 Å². The second-order valence-corrected chi connectivity index (χ2v) is 6.82. The summed E-state index contributed by atoms with van der Waals surface area (Å²) in [5.74, 6) is -1.32. The zero-order valence-electron chi connectivity index (χ0n) is 14.9. The number of para-hydroxylation sites is 1. The Balaban J connectivity index is 2.08. The van der Waals surface area contributed by atoms with E-state index < -0.39 is 16.3 Å². The molecule has 1 heterocycles. The zero-order chi connectivity index (χ0) is 19.8. The third-order valence-electron chi connectivity index (χ3n) is 4.72. The summed E-state index contributed by atoms with van der Waals surface area (Å²) >= 11 is 0. The molecule has 0 bridgehead atoms. The molecule has 1 aliphatic carbocycles. The fraction of sp³-hybridized carbons (Fsp3) is 0.200. The van der Waals surface area contributed by atoms with E-state index in [1.54, 1.807) is 11.0 Å². The SMILES string of the molecule is CC1(C)/C(=C\C=C2\C=C([N+](=O)[O-])C=CC2=O)N(CC(=O)O)c2ccccc21. The van der Waals surface area contributed by atoms with E-state index in [0.29, 0.717) is 5.70 Å².